The summed E-state index contributed by atoms with van der Waals surface area (Å²) in [5.41, 5.74) is -0.0718. The second-order valence-corrected chi connectivity index (χ2v) is 5.80. The fourth-order valence-corrected chi connectivity index (χ4v) is 3.57. The van der Waals surface area contributed by atoms with Gasteiger partial charge in [0.25, 0.3) is 0 Å². The molecule has 4 nitrogen and oxygen atoms in total. The number of hydrogen-bond donors (Lipinski definition) is 0. The highest BCUT2D eigenvalue weighted by Gasteiger charge is 2.47. The average molecular weight is 208 g/mol. The molecule has 13 heavy (non-hydrogen) atoms. The van der Waals surface area contributed by atoms with Crippen molar-refractivity contribution < 1.29 is 18.0 Å². The Bertz CT molecular complexity index is 119. The van der Waals surface area contributed by atoms with Crippen LogP contribution in [0.1, 0.15) is 19.8 Å². The van der Waals surface area contributed by atoms with Crippen LogP contribution in [0.15, 0.2) is 0 Å². The molecule has 0 aromatic rings. The Morgan fingerprint density at radius 1 is 1.00 bits per heavy atom. The standard InChI is InChI=1S/C8H20O4Si/c1-6-7-8(9-2)13(10-3,11-4)12-5/h8H,6-7H2,1-5H3. The molecule has 0 saturated heterocycles. The van der Waals surface area contributed by atoms with Gasteiger partial charge in [-0.1, -0.05) is 13.3 Å². The molecule has 0 spiro atoms. The maximum atomic E-state index is 5.32. The highest BCUT2D eigenvalue weighted by Crippen LogP contribution is 2.18. The van der Waals surface area contributed by atoms with Crippen molar-refractivity contribution in [1.29, 1.82) is 0 Å². The molecule has 5 heteroatoms. The molecule has 80 valence electrons. The summed E-state index contributed by atoms with van der Waals surface area (Å²) in [5.74, 6) is 0. The van der Waals surface area contributed by atoms with Crippen molar-refractivity contribution in [3.63, 3.8) is 0 Å². The molecule has 1 unspecified atom stereocenters. The Morgan fingerprint density at radius 2 is 1.46 bits per heavy atom. The molecular weight excluding hydrogens is 188 g/mol. The largest absolute Gasteiger partial charge is 0.530 e. The van der Waals surface area contributed by atoms with Gasteiger partial charge in [-0.25, -0.2) is 0 Å². The molecule has 0 aliphatic heterocycles. The summed E-state index contributed by atoms with van der Waals surface area (Å²) in [6.45, 7) is 2.09. The molecule has 0 aromatic heterocycles. The second kappa shape index (κ2) is 6.50. The average Bonchev–Trinajstić information content (AvgIpc) is 2.19. The maximum Gasteiger partial charge on any atom is 0.530 e. The van der Waals surface area contributed by atoms with Crippen molar-refractivity contribution in [2.45, 2.75) is 25.5 Å². The first kappa shape index (κ1) is 13.1. The first-order valence-corrected chi connectivity index (χ1v) is 6.19. The van der Waals surface area contributed by atoms with E-state index in [1.807, 2.05) is 0 Å². The summed E-state index contributed by atoms with van der Waals surface area (Å²) in [6, 6.07) is 0. The van der Waals surface area contributed by atoms with Gasteiger partial charge in [-0.2, -0.15) is 0 Å². The van der Waals surface area contributed by atoms with Gasteiger partial charge in [-0.3, -0.25) is 0 Å². The lowest BCUT2D eigenvalue weighted by Crippen LogP contribution is -2.55. The summed E-state index contributed by atoms with van der Waals surface area (Å²) in [7, 11) is 3.86. The molecule has 0 saturated carbocycles. The van der Waals surface area contributed by atoms with E-state index in [2.05, 4.69) is 6.92 Å². The van der Waals surface area contributed by atoms with Crippen molar-refractivity contribution in [2.75, 3.05) is 28.4 Å². The van der Waals surface area contributed by atoms with Gasteiger partial charge in [0.2, 0.25) is 0 Å². The quantitative estimate of drug-likeness (QED) is 0.589. The molecule has 0 fully saturated rings. The predicted molar refractivity (Wildman–Crippen MR) is 52.5 cm³/mol. The van der Waals surface area contributed by atoms with Crippen molar-refractivity contribution in [1.82, 2.24) is 0 Å². The van der Waals surface area contributed by atoms with Crippen LogP contribution in [0.25, 0.3) is 0 Å². The minimum atomic E-state index is -2.59. The summed E-state index contributed by atoms with van der Waals surface area (Å²) in [6.07, 6.45) is 1.90. The summed E-state index contributed by atoms with van der Waals surface area (Å²) in [4.78, 5) is 0. The molecule has 0 radical (unpaired) electrons. The van der Waals surface area contributed by atoms with E-state index in [9.17, 15) is 0 Å². The molecule has 0 aromatic carbocycles. The van der Waals surface area contributed by atoms with Crippen molar-refractivity contribution in [3.8, 4) is 0 Å². The zero-order chi connectivity index (χ0) is 10.3. The van der Waals surface area contributed by atoms with E-state index in [0.717, 1.165) is 12.8 Å². The third kappa shape index (κ3) is 3.03. The zero-order valence-corrected chi connectivity index (χ0v) is 10.1. The highest BCUT2D eigenvalue weighted by molar-refractivity contribution is 6.62. The van der Waals surface area contributed by atoms with E-state index in [1.54, 1.807) is 28.4 Å². The third-order valence-corrected chi connectivity index (χ3v) is 5.10. The van der Waals surface area contributed by atoms with Crippen LogP contribution in [0.5, 0.6) is 0 Å². The van der Waals surface area contributed by atoms with Crippen LogP contribution in [-0.2, 0) is 18.0 Å². The van der Waals surface area contributed by atoms with Crippen molar-refractivity contribution >= 4 is 8.80 Å². The van der Waals surface area contributed by atoms with Crippen LogP contribution >= 0.6 is 0 Å². The fraction of sp³-hybridized carbons (Fsp3) is 1.00. The lowest BCUT2D eigenvalue weighted by atomic mass is 10.4. The fourth-order valence-electron chi connectivity index (χ4n) is 1.35. The Labute approximate surface area is 81.5 Å². The molecule has 0 heterocycles. The molecule has 0 rings (SSSR count). The molecule has 0 aliphatic carbocycles. The van der Waals surface area contributed by atoms with Crippen molar-refractivity contribution in [2.24, 2.45) is 0 Å². The van der Waals surface area contributed by atoms with Gasteiger partial charge in [0.1, 0.15) is 5.73 Å². The SMILES string of the molecule is CCCC(OC)[Si](OC)(OC)OC. The van der Waals surface area contributed by atoms with E-state index in [-0.39, 0.29) is 5.73 Å². The van der Waals surface area contributed by atoms with Gasteiger partial charge in [0, 0.05) is 28.4 Å². The van der Waals surface area contributed by atoms with Crippen LogP contribution in [0, 0.1) is 0 Å². The Morgan fingerprint density at radius 3 is 1.69 bits per heavy atom. The number of rotatable bonds is 7. The van der Waals surface area contributed by atoms with Gasteiger partial charge in [0.05, 0.1) is 0 Å². The van der Waals surface area contributed by atoms with Gasteiger partial charge < -0.3 is 18.0 Å². The molecule has 0 N–H and O–H groups in total. The topological polar surface area (TPSA) is 36.9 Å². The van der Waals surface area contributed by atoms with E-state index in [4.69, 9.17) is 18.0 Å². The number of methoxy groups -OCH3 is 1. The van der Waals surface area contributed by atoms with E-state index < -0.39 is 8.80 Å². The Balaban J connectivity index is 4.45. The van der Waals surface area contributed by atoms with Gasteiger partial charge in [-0.05, 0) is 6.42 Å². The second-order valence-electron chi connectivity index (χ2n) is 2.73. The number of ether oxygens (including phenoxy) is 1. The maximum absolute atomic E-state index is 5.32. The third-order valence-electron chi connectivity index (χ3n) is 2.08. The minimum Gasteiger partial charge on any atom is -0.377 e. The molecular formula is C8H20O4Si. The predicted octanol–water partition coefficient (Wildman–Crippen LogP) is 1.22. The van der Waals surface area contributed by atoms with Crippen LogP contribution in [-0.4, -0.2) is 43.0 Å². The van der Waals surface area contributed by atoms with E-state index in [0.29, 0.717) is 0 Å². The van der Waals surface area contributed by atoms with Gasteiger partial charge >= 0.3 is 8.80 Å². The van der Waals surface area contributed by atoms with E-state index in [1.165, 1.54) is 0 Å². The first-order chi connectivity index (χ1) is 6.20. The zero-order valence-electron chi connectivity index (χ0n) is 9.12. The molecule has 0 bridgehead atoms. The molecule has 0 aliphatic rings. The van der Waals surface area contributed by atoms with E-state index >= 15 is 0 Å². The van der Waals surface area contributed by atoms with Gasteiger partial charge in [-0.15, -0.1) is 0 Å². The normalized spacial score (nSPS) is 14.5. The smallest absolute Gasteiger partial charge is 0.377 e. The van der Waals surface area contributed by atoms with Crippen molar-refractivity contribution in [3.05, 3.63) is 0 Å². The summed E-state index contributed by atoms with van der Waals surface area (Å²) >= 11 is 0. The summed E-state index contributed by atoms with van der Waals surface area (Å²) < 4.78 is 21.2. The highest BCUT2D eigenvalue weighted by atomic mass is 28.4. The van der Waals surface area contributed by atoms with Gasteiger partial charge in [0.15, 0.2) is 0 Å². The van der Waals surface area contributed by atoms with Crippen LogP contribution < -0.4 is 0 Å². The lowest BCUT2D eigenvalue weighted by molar-refractivity contribution is 0.0321. The Kier molecular flexibility index (Phi) is 6.53. The molecule has 1 atom stereocenters. The van der Waals surface area contributed by atoms with Crippen LogP contribution in [0.2, 0.25) is 0 Å². The minimum absolute atomic E-state index is 0.0718. The van der Waals surface area contributed by atoms with Crippen LogP contribution in [0.3, 0.4) is 0 Å². The monoisotopic (exact) mass is 208 g/mol. The molecule has 0 amide bonds. The Hall–Kier alpha value is 0.0569. The first-order valence-electron chi connectivity index (χ1n) is 4.39. The van der Waals surface area contributed by atoms with Crippen LogP contribution in [0.4, 0.5) is 0 Å². The summed E-state index contributed by atoms with van der Waals surface area (Å²) in [5, 5.41) is 0. The lowest BCUT2D eigenvalue weighted by Gasteiger charge is -2.31. The number of hydrogen-bond acceptors (Lipinski definition) is 4.